The van der Waals surface area contributed by atoms with Gasteiger partial charge in [0.2, 0.25) is 0 Å². The van der Waals surface area contributed by atoms with Gasteiger partial charge in [0, 0.05) is 17.7 Å². The third-order valence-corrected chi connectivity index (χ3v) is 4.60. The molecule has 0 radical (unpaired) electrons. The first-order chi connectivity index (χ1) is 9.39. The monoisotopic (exact) mass is 282 g/mol. The second-order valence-corrected chi connectivity index (χ2v) is 5.91. The molecule has 2 unspecified atom stereocenters. The molecule has 1 aromatic heterocycles. The van der Waals surface area contributed by atoms with Crippen LogP contribution in [0.5, 0.6) is 0 Å². The molecule has 1 aliphatic heterocycles. The Morgan fingerprint density at radius 2 is 2.25 bits per heavy atom. The van der Waals surface area contributed by atoms with E-state index in [1.165, 1.54) is 10.8 Å². The number of nitrogens with zero attached hydrogens (tertiary/aromatic N) is 1. The highest BCUT2D eigenvalue weighted by atomic mass is 16.6. The topological polar surface area (TPSA) is 105 Å². The van der Waals surface area contributed by atoms with E-state index in [1.54, 1.807) is 6.92 Å². The van der Waals surface area contributed by atoms with Gasteiger partial charge in [-0.05, 0) is 19.3 Å². The number of aliphatic hydroxyl groups is 2. The first kappa shape index (κ1) is 13.5. The van der Waals surface area contributed by atoms with Gasteiger partial charge in [-0.3, -0.25) is 14.3 Å². The van der Waals surface area contributed by atoms with E-state index in [2.05, 4.69) is 4.98 Å². The Hall–Kier alpha value is -1.44. The Kier molecular flexibility index (Phi) is 2.89. The first-order valence-corrected chi connectivity index (χ1v) is 6.68. The molecule has 1 saturated carbocycles. The van der Waals surface area contributed by atoms with E-state index in [1.807, 2.05) is 6.92 Å². The molecule has 2 bridgehead atoms. The molecule has 2 heterocycles. The molecule has 2 fully saturated rings. The van der Waals surface area contributed by atoms with Gasteiger partial charge in [-0.25, -0.2) is 4.79 Å². The van der Waals surface area contributed by atoms with Gasteiger partial charge in [0.25, 0.3) is 5.56 Å². The smallest absolute Gasteiger partial charge is 0.330 e. The lowest BCUT2D eigenvalue weighted by Crippen LogP contribution is -2.42. The predicted octanol–water partition coefficient (Wildman–Crippen LogP) is -0.878. The normalized spacial score (nSPS) is 39.4. The van der Waals surface area contributed by atoms with Gasteiger partial charge >= 0.3 is 5.69 Å². The zero-order valence-corrected chi connectivity index (χ0v) is 11.4. The van der Waals surface area contributed by atoms with Crippen LogP contribution in [0.3, 0.4) is 0 Å². The predicted molar refractivity (Wildman–Crippen MR) is 69.3 cm³/mol. The summed E-state index contributed by atoms with van der Waals surface area (Å²) in [5.41, 5.74) is -1.60. The van der Waals surface area contributed by atoms with Crippen molar-refractivity contribution in [1.29, 1.82) is 0 Å². The highest BCUT2D eigenvalue weighted by Crippen LogP contribution is 2.54. The average Bonchev–Trinajstić information content (AvgIpc) is 2.81. The second-order valence-electron chi connectivity index (χ2n) is 5.91. The summed E-state index contributed by atoms with van der Waals surface area (Å²) in [7, 11) is 0. The van der Waals surface area contributed by atoms with Crippen molar-refractivity contribution in [2.24, 2.45) is 11.8 Å². The Morgan fingerprint density at radius 3 is 2.85 bits per heavy atom. The molecule has 0 spiro atoms. The van der Waals surface area contributed by atoms with E-state index >= 15 is 0 Å². The molecular formula is C13H18N2O5. The van der Waals surface area contributed by atoms with Gasteiger partial charge in [-0.15, -0.1) is 0 Å². The summed E-state index contributed by atoms with van der Waals surface area (Å²) in [5, 5.41) is 19.9. The van der Waals surface area contributed by atoms with Gasteiger partial charge in [0.05, 0.1) is 12.7 Å². The van der Waals surface area contributed by atoms with Gasteiger partial charge in [-0.1, -0.05) is 6.92 Å². The summed E-state index contributed by atoms with van der Waals surface area (Å²) >= 11 is 0. The minimum atomic E-state index is -1.00. The maximum atomic E-state index is 11.9. The molecule has 1 aromatic rings. The number of aliphatic hydroxyl groups excluding tert-OH is 2. The van der Waals surface area contributed by atoms with E-state index in [4.69, 9.17) is 4.74 Å². The van der Waals surface area contributed by atoms with Crippen LogP contribution in [0.2, 0.25) is 0 Å². The minimum Gasteiger partial charge on any atom is -0.393 e. The molecule has 1 aliphatic carbocycles. The van der Waals surface area contributed by atoms with Crippen molar-refractivity contribution in [2.45, 2.75) is 38.2 Å². The van der Waals surface area contributed by atoms with Gasteiger partial charge in [0.1, 0.15) is 11.8 Å². The maximum absolute atomic E-state index is 11.9. The lowest BCUT2D eigenvalue weighted by atomic mass is 9.95. The number of hydrogen-bond donors (Lipinski definition) is 3. The zero-order chi connectivity index (χ0) is 14.7. The fourth-order valence-electron chi connectivity index (χ4n) is 3.55. The van der Waals surface area contributed by atoms with Crippen LogP contribution in [0, 0.1) is 18.8 Å². The van der Waals surface area contributed by atoms with E-state index in [9.17, 15) is 19.8 Å². The molecule has 5 atom stereocenters. The quantitative estimate of drug-likeness (QED) is 0.653. The number of ether oxygens (including phenoxy) is 1. The molecule has 0 amide bonds. The number of rotatable bonds is 2. The lowest BCUT2D eigenvalue weighted by Gasteiger charge is -2.33. The van der Waals surface area contributed by atoms with Crippen molar-refractivity contribution in [3.05, 3.63) is 32.6 Å². The molecular weight excluding hydrogens is 264 g/mol. The van der Waals surface area contributed by atoms with Crippen molar-refractivity contribution in [3.8, 4) is 0 Å². The third kappa shape index (κ3) is 1.63. The Morgan fingerprint density at radius 1 is 1.55 bits per heavy atom. The Labute approximate surface area is 114 Å². The minimum absolute atomic E-state index is 0.120. The summed E-state index contributed by atoms with van der Waals surface area (Å²) in [6.45, 7) is 3.27. The maximum Gasteiger partial charge on any atom is 0.330 e. The van der Waals surface area contributed by atoms with Crippen molar-refractivity contribution >= 4 is 0 Å². The number of aromatic nitrogens is 2. The Bertz CT molecular complexity index is 651. The number of nitrogens with one attached hydrogen (secondary N) is 1. The van der Waals surface area contributed by atoms with Crippen LogP contribution in [0.15, 0.2) is 15.8 Å². The van der Waals surface area contributed by atoms with Crippen molar-refractivity contribution in [1.82, 2.24) is 9.55 Å². The molecule has 2 aliphatic rings. The SMILES string of the molecule is Cc1cn([C@@H]2O[C@@]3(CO)CC(C)[C@H]2C3O)c(=O)[nH]c1=O. The molecule has 20 heavy (non-hydrogen) atoms. The van der Waals surface area contributed by atoms with Crippen molar-refractivity contribution in [2.75, 3.05) is 6.61 Å². The standard InChI is InChI=1S/C13H18N2O5/c1-6-3-13(5-16)9(17)8(6)11(20-13)15-4-7(2)10(18)14-12(15)19/h4,6,8-9,11,16-17H,3,5H2,1-2H3,(H,14,18,19)/t6?,8-,9?,11+,13+/m0/s1. The fraction of sp³-hybridized carbons (Fsp3) is 0.692. The molecule has 3 N–H and O–H groups in total. The highest BCUT2D eigenvalue weighted by molar-refractivity contribution is 5.11. The number of aryl methyl sites for hydroxylation is 1. The van der Waals surface area contributed by atoms with Gasteiger partial charge < -0.3 is 14.9 Å². The van der Waals surface area contributed by atoms with Crippen LogP contribution in [0.4, 0.5) is 0 Å². The van der Waals surface area contributed by atoms with E-state index < -0.39 is 29.2 Å². The van der Waals surface area contributed by atoms with E-state index in [0.717, 1.165) is 0 Å². The largest absolute Gasteiger partial charge is 0.393 e. The summed E-state index contributed by atoms with van der Waals surface area (Å²) < 4.78 is 7.09. The lowest BCUT2D eigenvalue weighted by molar-refractivity contribution is -0.149. The summed E-state index contributed by atoms with van der Waals surface area (Å²) in [5.74, 6) is -0.153. The highest BCUT2D eigenvalue weighted by Gasteiger charge is 2.63. The molecule has 7 nitrogen and oxygen atoms in total. The van der Waals surface area contributed by atoms with Gasteiger partial charge in [0.15, 0.2) is 0 Å². The van der Waals surface area contributed by atoms with Crippen LogP contribution in [-0.4, -0.2) is 38.1 Å². The number of H-pyrrole nitrogens is 1. The first-order valence-electron chi connectivity index (χ1n) is 6.68. The van der Waals surface area contributed by atoms with Crippen LogP contribution in [0.1, 0.15) is 25.1 Å². The average molecular weight is 282 g/mol. The molecule has 3 rings (SSSR count). The summed E-state index contributed by atoms with van der Waals surface area (Å²) in [4.78, 5) is 25.6. The van der Waals surface area contributed by atoms with E-state index in [-0.39, 0.29) is 18.4 Å². The molecule has 0 aromatic carbocycles. The number of aromatic amines is 1. The fourth-order valence-corrected chi connectivity index (χ4v) is 3.55. The van der Waals surface area contributed by atoms with Crippen LogP contribution >= 0.6 is 0 Å². The molecule has 1 saturated heterocycles. The van der Waals surface area contributed by atoms with Crippen LogP contribution in [-0.2, 0) is 4.74 Å². The summed E-state index contributed by atoms with van der Waals surface area (Å²) in [6, 6.07) is 0. The van der Waals surface area contributed by atoms with Gasteiger partial charge in [-0.2, -0.15) is 0 Å². The summed E-state index contributed by atoms with van der Waals surface area (Å²) in [6.07, 6.45) is 0.524. The number of fused-ring (bicyclic) bond motifs is 2. The zero-order valence-electron chi connectivity index (χ0n) is 11.4. The van der Waals surface area contributed by atoms with E-state index in [0.29, 0.717) is 12.0 Å². The second kappa shape index (κ2) is 4.28. The van der Waals surface area contributed by atoms with Crippen molar-refractivity contribution in [3.63, 3.8) is 0 Å². The third-order valence-electron chi connectivity index (χ3n) is 4.60. The van der Waals surface area contributed by atoms with Crippen LogP contribution < -0.4 is 11.2 Å². The number of hydrogen-bond acceptors (Lipinski definition) is 5. The Balaban J connectivity index is 2.07. The van der Waals surface area contributed by atoms with Crippen LogP contribution in [0.25, 0.3) is 0 Å². The van der Waals surface area contributed by atoms with Crippen molar-refractivity contribution < 1.29 is 14.9 Å². The molecule has 7 heteroatoms. The molecule has 110 valence electrons.